The highest BCUT2D eigenvalue weighted by Crippen LogP contribution is 2.55. The second-order valence-corrected chi connectivity index (χ2v) is 7.40. The van der Waals surface area contributed by atoms with Crippen LogP contribution in [0, 0.1) is 23.7 Å². The second-order valence-electron chi connectivity index (χ2n) is 7.40. The number of amides is 2. The maximum absolute atomic E-state index is 12.0. The highest BCUT2D eigenvalue weighted by Gasteiger charge is 2.51. The van der Waals surface area contributed by atoms with Gasteiger partial charge in [0.1, 0.15) is 0 Å². The van der Waals surface area contributed by atoms with Gasteiger partial charge in [0.15, 0.2) is 0 Å². The number of carbonyl (C=O) groups is 1. The number of hydrogen-bond donors (Lipinski definition) is 2. The molecule has 4 saturated carbocycles. The molecule has 0 saturated heterocycles. The van der Waals surface area contributed by atoms with Crippen molar-refractivity contribution < 1.29 is 4.79 Å². The van der Waals surface area contributed by atoms with Crippen molar-refractivity contribution in [3.05, 3.63) is 12.3 Å². The molecular formula is C16H26N2O. The molecule has 0 radical (unpaired) electrons. The van der Waals surface area contributed by atoms with Crippen molar-refractivity contribution in [1.82, 2.24) is 10.6 Å². The van der Waals surface area contributed by atoms with E-state index < -0.39 is 0 Å². The molecule has 3 heteroatoms. The van der Waals surface area contributed by atoms with Crippen molar-refractivity contribution in [3.63, 3.8) is 0 Å². The Kier molecular flexibility index (Phi) is 3.32. The van der Waals surface area contributed by atoms with E-state index in [9.17, 15) is 4.79 Å². The summed E-state index contributed by atoms with van der Waals surface area (Å²) in [6, 6.07) is -0.0150. The third kappa shape index (κ3) is 2.80. The third-order valence-electron chi connectivity index (χ3n) is 5.11. The van der Waals surface area contributed by atoms with Gasteiger partial charge in [-0.2, -0.15) is 0 Å². The van der Waals surface area contributed by atoms with Gasteiger partial charge in [-0.1, -0.05) is 19.9 Å². The number of rotatable bonds is 3. The summed E-state index contributed by atoms with van der Waals surface area (Å²) in [7, 11) is 0. The minimum Gasteiger partial charge on any atom is -0.332 e. The van der Waals surface area contributed by atoms with Crippen molar-refractivity contribution in [3.8, 4) is 0 Å². The van der Waals surface area contributed by atoms with Crippen LogP contribution in [0.3, 0.4) is 0 Å². The van der Waals surface area contributed by atoms with Gasteiger partial charge in [-0.25, -0.2) is 4.79 Å². The maximum Gasteiger partial charge on any atom is 0.319 e. The minimum absolute atomic E-state index is 0.0150. The molecule has 0 heterocycles. The summed E-state index contributed by atoms with van der Waals surface area (Å²) in [6.07, 6.45) is 11.7. The Morgan fingerprint density at radius 2 is 1.63 bits per heavy atom. The molecule has 0 aromatic carbocycles. The summed E-state index contributed by atoms with van der Waals surface area (Å²) < 4.78 is 0. The van der Waals surface area contributed by atoms with Gasteiger partial charge in [-0.05, 0) is 62.2 Å². The van der Waals surface area contributed by atoms with Gasteiger partial charge in [-0.3, -0.25) is 0 Å². The molecule has 4 aliphatic rings. The van der Waals surface area contributed by atoms with Crippen LogP contribution in [-0.4, -0.2) is 11.6 Å². The first kappa shape index (κ1) is 13.0. The standard InChI is InChI=1S/C16H26N2O/c1-11(2)3-4-17-15(19)18-16-8-12-5-13(9-16)7-14(6-12)10-16/h3-4,11-14H,5-10H2,1-2H3,(H2,17,18,19)/b4-3+. The first-order valence-electron chi connectivity index (χ1n) is 7.80. The molecule has 0 aliphatic heterocycles. The lowest BCUT2D eigenvalue weighted by Gasteiger charge is -2.56. The summed E-state index contributed by atoms with van der Waals surface area (Å²) in [4.78, 5) is 12.0. The predicted octanol–water partition coefficient (Wildman–Crippen LogP) is 3.42. The monoisotopic (exact) mass is 262 g/mol. The van der Waals surface area contributed by atoms with E-state index in [1.165, 1.54) is 38.5 Å². The van der Waals surface area contributed by atoms with Gasteiger partial charge >= 0.3 is 6.03 Å². The van der Waals surface area contributed by atoms with E-state index in [4.69, 9.17) is 0 Å². The van der Waals surface area contributed by atoms with Crippen molar-refractivity contribution in [2.45, 2.75) is 57.9 Å². The minimum atomic E-state index is -0.0150. The third-order valence-corrected chi connectivity index (χ3v) is 5.11. The Hall–Kier alpha value is -0.990. The van der Waals surface area contributed by atoms with Gasteiger partial charge in [0.05, 0.1) is 0 Å². The topological polar surface area (TPSA) is 41.1 Å². The van der Waals surface area contributed by atoms with Gasteiger partial charge in [0.25, 0.3) is 0 Å². The molecular weight excluding hydrogens is 236 g/mol. The van der Waals surface area contributed by atoms with Gasteiger partial charge in [0, 0.05) is 11.7 Å². The molecule has 4 bridgehead atoms. The normalized spacial score (nSPS) is 40.1. The number of urea groups is 1. The van der Waals surface area contributed by atoms with Crippen LogP contribution in [0.1, 0.15) is 52.4 Å². The summed E-state index contributed by atoms with van der Waals surface area (Å²) in [6.45, 7) is 4.21. The summed E-state index contributed by atoms with van der Waals surface area (Å²) in [5.41, 5.74) is 0.116. The summed E-state index contributed by atoms with van der Waals surface area (Å²) >= 11 is 0. The quantitative estimate of drug-likeness (QED) is 0.804. The zero-order valence-corrected chi connectivity index (χ0v) is 12.1. The molecule has 19 heavy (non-hydrogen) atoms. The van der Waals surface area contributed by atoms with Crippen LogP contribution in [0.25, 0.3) is 0 Å². The molecule has 2 N–H and O–H groups in total. The van der Waals surface area contributed by atoms with E-state index in [2.05, 4.69) is 24.5 Å². The van der Waals surface area contributed by atoms with Crippen LogP contribution in [0.4, 0.5) is 4.79 Å². The van der Waals surface area contributed by atoms with E-state index in [0.717, 1.165) is 17.8 Å². The van der Waals surface area contributed by atoms with E-state index in [-0.39, 0.29) is 11.6 Å². The average molecular weight is 262 g/mol. The SMILES string of the molecule is CC(C)/C=C/NC(=O)NC12CC3CC(CC(C3)C1)C2. The van der Waals surface area contributed by atoms with Crippen LogP contribution >= 0.6 is 0 Å². The number of nitrogens with one attached hydrogen (secondary N) is 2. The first-order valence-corrected chi connectivity index (χ1v) is 7.80. The van der Waals surface area contributed by atoms with Crippen molar-refractivity contribution in [2.75, 3.05) is 0 Å². The Morgan fingerprint density at radius 3 is 2.11 bits per heavy atom. The van der Waals surface area contributed by atoms with Crippen molar-refractivity contribution >= 4 is 6.03 Å². The second kappa shape index (κ2) is 4.84. The molecule has 0 spiro atoms. The Bertz CT molecular complexity index is 351. The molecule has 0 aromatic rings. The smallest absolute Gasteiger partial charge is 0.319 e. The predicted molar refractivity (Wildman–Crippen MR) is 76.5 cm³/mol. The number of hydrogen-bond acceptors (Lipinski definition) is 1. The van der Waals surface area contributed by atoms with E-state index in [1.54, 1.807) is 6.20 Å². The fourth-order valence-corrected chi connectivity index (χ4v) is 4.86. The van der Waals surface area contributed by atoms with Crippen LogP contribution < -0.4 is 10.6 Å². The molecule has 106 valence electrons. The zero-order chi connectivity index (χ0) is 13.5. The first-order chi connectivity index (χ1) is 9.05. The largest absolute Gasteiger partial charge is 0.332 e. The van der Waals surface area contributed by atoms with Gasteiger partial charge in [-0.15, -0.1) is 0 Å². The molecule has 4 fully saturated rings. The molecule has 0 aromatic heterocycles. The van der Waals surface area contributed by atoms with E-state index >= 15 is 0 Å². The fourth-order valence-electron chi connectivity index (χ4n) is 4.86. The maximum atomic E-state index is 12.0. The molecule has 3 nitrogen and oxygen atoms in total. The Balaban J connectivity index is 1.58. The molecule has 0 unspecified atom stereocenters. The van der Waals surface area contributed by atoms with Crippen LogP contribution in [0.2, 0.25) is 0 Å². The van der Waals surface area contributed by atoms with Gasteiger partial charge < -0.3 is 10.6 Å². The molecule has 4 rings (SSSR count). The lowest BCUT2D eigenvalue weighted by molar-refractivity contribution is -0.0133. The summed E-state index contributed by atoms with van der Waals surface area (Å²) in [5, 5.41) is 6.16. The lowest BCUT2D eigenvalue weighted by atomic mass is 9.53. The highest BCUT2D eigenvalue weighted by molar-refractivity contribution is 5.75. The molecule has 4 aliphatic carbocycles. The number of allylic oxidation sites excluding steroid dienone is 1. The fraction of sp³-hybridized carbons (Fsp3) is 0.812. The van der Waals surface area contributed by atoms with E-state index in [1.807, 2.05) is 6.08 Å². The van der Waals surface area contributed by atoms with Crippen LogP contribution in [-0.2, 0) is 0 Å². The van der Waals surface area contributed by atoms with E-state index in [0.29, 0.717) is 5.92 Å². The Labute approximate surface area is 116 Å². The Morgan fingerprint density at radius 1 is 1.11 bits per heavy atom. The molecule has 2 amide bonds. The lowest BCUT2D eigenvalue weighted by Crippen LogP contribution is -2.61. The number of carbonyl (C=O) groups excluding carboxylic acids is 1. The average Bonchev–Trinajstić information content (AvgIpc) is 2.25. The highest BCUT2D eigenvalue weighted by atomic mass is 16.2. The van der Waals surface area contributed by atoms with Gasteiger partial charge in [0.2, 0.25) is 0 Å². The summed E-state index contributed by atoms with van der Waals surface area (Å²) in [5.74, 6) is 3.09. The van der Waals surface area contributed by atoms with Crippen LogP contribution in [0.15, 0.2) is 12.3 Å². The zero-order valence-electron chi connectivity index (χ0n) is 12.1. The van der Waals surface area contributed by atoms with Crippen LogP contribution in [0.5, 0.6) is 0 Å². The molecule has 0 atom stereocenters. The van der Waals surface area contributed by atoms with Crippen molar-refractivity contribution in [2.24, 2.45) is 23.7 Å². The van der Waals surface area contributed by atoms with Crippen molar-refractivity contribution in [1.29, 1.82) is 0 Å².